The Labute approximate surface area is 88.8 Å². The molecule has 72 valence electrons. The number of rotatable bonds is 2. The van der Waals surface area contributed by atoms with E-state index in [9.17, 15) is 0 Å². The third-order valence-electron chi connectivity index (χ3n) is 1.63. The van der Waals surface area contributed by atoms with E-state index in [1.807, 2.05) is 6.07 Å². The zero-order chi connectivity index (χ0) is 9.68. The predicted octanol–water partition coefficient (Wildman–Crippen LogP) is 1.54. The first-order chi connectivity index (χ1) is 6.31. The molecule has 3 nitrogen and oxygen atoms in total. The van der Waals surface area contributed by atoms with Gasteiger partial charge >= 0.3 is 0 Å². The summed E-state index contributed by atoms with van der Waals surface area (Å²) < 4.78 is 0. The van der Waals surface area contributed by atoms with Gasteiger partial charge < -0.3 is 0 Å². The Hall–Kier alpha value is -1.52. The highest BCUT2D eigenvalue weighted by Gasteiger charge is 2.05. The second kappa shape index (κ2) is 6.01. The molecule has 14 heavy (non-hydrogen) atoms. The Kier molecular flexibility index (Phi) is 5.36. The number of halogens is 1. The topological polar surface area (TPSA) is 59.0 Å². The molecule has 0 spiro atoms. The number of nitrogens with zero attached hydrogens (tertiary/aromatic N) is 1. The van der Waals surface area contributed by atoms with Crippen LogP contribution in [0.25, 0.3) is 0 Å². The van der Waals surface area contributed by atoms with Crippen molar-refractivity contribution in [2.75, 3.05) is 0 Å². The molecular weight excluding hydrogens is 200 g/mol. The summed E-state index contributed by atoms with van der Waals surface area (Å²) >= 11 is 0. The van der Waals surface area contributed by atoms with Gasteiger partial charge in [-0.15, -0.1) is 18.8 Å². The van der Waals surface area contributed by atoms with Crippen LogP contribution < -0.4 is 5.90 Å². The Morgan fingerprint density at radius 2 is 1.93 bits per heavy atom. The summed E-state index contributed by atoms with van der Waals surface area (Å²) in [7, 11) is 0. The molecule has 0 bridgehead atoms. The van der Waals surface area contributed by atoms with Crippen LogP contribution in [-0.2, 0) is 4.84 Å². The van der Waals surface area contributed by atoms with Crippen LogP contribution in [0.2, 0.25) is 0 Å². The van der Waals surface area contributed by atoms with Gasteiger partial charge in [-0.2, -0.15) is 5.26 Å². The molecule has 2 N–H and O–H groups in total. The largest absolute Gasteiger partial charge is 0.283 e. The summed E-state index contributed by atoms with van der Waals surface area (Å²) in [6, 6.07) is 8.77. The van der Waals surface area contributed by atoms with Crippen LogP contribution >= 0.6 is 12.4 Å². The van der Waals surface area contributed by atoms with Gasteiger partial charge in [-0.05, 0) is 17.7 Å². The molecule has 0 radical (unpaired) electrons. The van der Waals surface area contributed by atoms with Gasteiger partial charge in [-0.25, -0.2) is 5.90 Å². The fourth-order valence-corrected chi connectivity index (χ4v) is 0.947. The molecule has 1 rings (SSSR count). The van der Waals surface area contributed by atoms with E-state index < -0.39 is 6.10 Å². The van der Waals surface area contributed by atoms with E-state index in [0.717, 1.165) is 5.56 Å². The number of hydrogen-bond acceptors (Lipinski definition) is 3. The Balaban J connectivity index is 0.00000169. The fraction of sp³-hybridized carbons (Fsp3) is 0.100. The van der Waals surface area contributed by atoms with E-state index in [1.54, 1.807) is 24.3 Å². The average molecular weight is 209 g/mol. The fourth-order valence-electron chi connectivity index (χ4n) is 0.947. The molecule has 0 heterocycles. The summed E-state index contributed by atoms with van der Waals surface area (Å²) in [4.78, 5) is 4.54. The molecule has 0 fully saturated rings. The van der Waals surface area contributed by atoms with Gasteiger partial charge in [0, 0.05) is 0 Å². The van der Waals surface area contributed by atoms with Gasteiger partial charge in [0.15, 0.2) is 6.10 Å². The normalized spacial score (nSPS) is 10.5. The van der Waals surface area contributed by atoms with Gasteiger partial charge in [0.25, 0.3) is 0 Å². The van der Waals surface area contributed by atoms with E-state index in [1.165, 1.54) is 0 Å². The van der Waals surface area contributed by atoms with Crippen LogP contribution in [0.15, 0.2) is 24.3 Å². The highest BCUT2D eigenvalue weighted by Crippen LogP contribution is 2.14. The summed E-state index contributed by atoms with van der Waals surface area (Å²) in [6.07, 6.45) is 4.62. The highest BCUT2D eigenvalue weighted by molar-refractivity contribution is 5.85. The van der Waals surface area contributed by atoms with Crippen molar-refractivity contribution in [3.8, 4) is 18.4 Å². The molecule has 0 aliphatic rings. The number of nitrogens with two attached hydrogens (primary N) is 1. The lowest BCUT2D eigenvalue weighted by atomic mass is 10.1. The summed E-state index contributed by atoms with van der Waals surface area (Å²) in [5, 5.41) is 8.54. The predicted molar refractivity (Wildman–Crippen MR) is 55.3 cm³/mol. The van der Waals surface area contributed by atoms with E-state index in [2.05, 4.69) is 10.8 Å². The molecular formula is C10H9ClN2O. The lowest BCUT2D eigenvalue weighted by molar-refractivity contribution is 0.0935. The van der Waals surface area contributed by atoms with Crippen LogP contribution in [0, 0.1) is 23.7 Å². The van der Waals surface area contributed by atoms with Crippen molar-refractivity contribution in [1.82, 2.24) is 0 Å². The molecule has 1 aromatic carbocycles. The van der Waals surface area contributed by atoms with Crippen LogP contribution in [0.4, 0.5) is 0 Å². The van der Waals surface area contributed by atoms with E-state index in [0.29, 0.717) is 5.56 Å². The molecule has 0 saturated carbocycles. The minimum absolute atomic E-state index is 0. The van der Waals surface area contributed by atoms with Gasteiger partial charge in [-0.3, -0.25) is 4.84 Å². The second-order valence-corrected chi connectivity index (χ2v) is 2.42. The van der Waals surface area contributed by atoms with Crippen molar-refractivity contribution in [1.29, 1.82) is 5.26 Å². The Bertz CT molecular complexity index is 361. The summed E-state index contributed by atoms with van der Waals surface area (Å²) in [5.74, 6) is 7.35. The first-order valence-corrected chi connectivity index (χ1v) is 3.63. The Morgan fingerprint density at radius 3 is 2.29 bits per heavy atom. The van der Waals surface area contributed by atoms with E-state index >= 15 is 0 Å². The minimum Gasteiger partial charge on any atom is -0.283 e. The first kappa shape index (κ1) is 12.5. The van der Waals surface area contributed by atoms with Crippen molar-refractivity contribution in [3.63, 3.8) is 0 Å². The van der Waals surface area contributed by atoms with E-state index in [4.69, 9.17) is 17.6 Å². The molecule has 4 heteroatoms. The average Bonchev–Trinajstić information content (AvgIpc) is 2.21. The van der Waals surface area contributed by atoms with Gasteiger partial charge in [-0.1, -0.05) is 18.1 Å². The third-order valence-corrected chi connectivity index (χ3v) is 1.63. The van der Waals surface area contributed by atoms with Crippen LogP contribution in [0.5, 0.6) is 0 Å². The molecule has 0 aliphatic carbocycles. The second-order valence-electron chi connectivity index (χ2n) is 2.42. The zero-order valence-corrected chi connectivity index (χ0v) is 8.12. The molecule has 0 saturated heterocycles. The third kappa shape index (κ3) is 2.76. The quantitative estimate of drug-likeness (QED) is 0.593. The lowest BCUT2D eigenvalue weighted by Gasteiger charge is -2.06. The number of nitriles is 1. The van der Waals surface area contributed by atoms with Crippen molar-refractivity contribution in [3.05, 3.63) is 35.4 Å². The number of hydrogen-bond donors (Lipinski definition) is 1. The highest BCUT2D eigenvalue weighted by atomic mass is 35.5. The monoisotopic (exact) mass is 208 g/mol. The SMILES string of the molecule is C#CC(ON)c1ccc(C#N)cc1.Cl. The lowest BCUT2D eigenvalue weighted by Crippen LogP contribution is -2.06. The maximum atomic E-state index is 8.54. The minimum atomic E-state index is -0.548. The smallest absolute Gasteiger partial charge is 0.164 e. The number of benzene rings is 1. The van der Waals surface area contributed by atoms with Gasteiger partial charge in [0.2, 0.25) is 0 Å². The zero-order valence-electron chi connectivity index (χ0n) is 7.31. The summed E-state index contributed by atoms with van der Waals surface area (Å²) in [5.41, 5.74) is 1.35. The van der Waals surface area contributed by atoms with Crippen molar-refractivity contribution < 1.29 is 4.84 Å². The standard InChI is InChI=1S/C10H8N2O.ClH/c1-2-10(13-12)9-5-3-8(7-11)4-6-9;/h1,3-6,10H,12H2;1H. The molecule has 1 atom stereocenters. The van der Waals surface area contributed by atoms with Crippen LogP contribution in [-0.4, -0.2) is 0 Å². The maximum absolute atomic E-state index is 8.54. The molecule has 0 aliphatic heterocycles. The maximum Gasteiger partial charge on any atom is 0.164 e. The molecule has 1 unspecified atom stereocenters. The Morgan fingerprint density at radius 1 is 1.36 bits per heavy atom. The van der Waals surface area contributed by atoms with Crippen molar-refractivity contribution in [2.45, 2.75) is 6.10 Å². The van der Waals surface area contributed by atoms with Gasteiger partial charge in [0.05, 0.1) is 11.6 Å². The first-order valence-electron chi connectivity index (χ1n) is 3.63. The van der Waals surface area contributed by atoms with Crippen LogP contribution in [0.3, 0.4) is 0 Å². The summed E-state index contributed by atoms with van der Waals surface area (Å²) in [6.45, 7) is 0. The van der Waals surface area contributed by atoms with E-state index in [-0.39, 0.29) is 12.4 Å². The van der Waals surface area contributed by atoms with Crippen molar-refractivity contribution >= 4 is 12.4 Å². The molecule has 0 amide bonds. The molecule has 1 aromatic rings. The number of terminal acetylenes is 1. The van der Waals surface area contributed by atoms with Gasteiger partial charge in [0.1, 0.15) is 0 Å². The van der Waals surface area contributed by atoms with Crippen molar-refractivity contribution in [2.24, 2.45) is 5.90 Å². The van der Waals surface area contributed by atoms with Crippen LogP contribution in [0.1, 0.15) is 17.2 Å². The molecule has 0 aromatic heterocycles.